The van der Waals surface area contributed by atoms with Gasteiger partial charge in [-0.2, -0.15) is 0 Å². The molecule has 0 aliphatic heterocycles. The zero-order valence-electron chi connectivity index (χ0n) is 12.6. The summed E-state index contributed by atoms with van der Waals surface area (Å²) in [6.07, 6.45) is 1.71. The van der Waals surface area contributed by atoms with E-state index in [0.717, 1.165) is 5.56 Å². The Morgan fingerprint density at radius 3 is 2.24 bits per heavy atom. The number of nitrogens with zero attached hydrogens (tertiary/aromatic N) is 3. The number of carbonyl (C=O) groups is 1. The van der Waals surface area contributed by atoms with E-state index in [1.165, 1.54) is 0 Å². The van der Waals surface area contributed by atoms with E-state index in [1.807, 2.05) is 62.4 Å². The lowest BCUT2D eigenvalue weighted by atomic mass is 10.2. The van der Waals surface area contributed by atoms with Crippen LogP contribution in [0.4, 0.5) is 10.6 Å². The van der Waals surface area contributed by atoms with Crippen LogP contribution in [0.1, 0.15) is 19.4 Å². The van der Waals surface area contributed by atoms with Crippen LogP contribution in [0.3, 0.4) is 0 Å². The largest absolute Gasteiger partial charge is 0.325 e. The molecule has 0 saturated heterocycles. The van der Waals surface area contributed by atoms with Crippen molar-refractivity contribution in [3.63, 3.8) is 0 Å². The SMILES string of the molecule is CCN(CC)C(=O)N(Cc1ccccc1)c1ccccn1. The Bertz CT molecular complexity index is 553. The van der Waals surface area contributed by atoms with Crippen LogP contribution in [0.15, 0.2) is 54.7 Å². The first kappa shape index (κ1) is 15.0. The molecule has 2 amide bonds. The van der Waals surface area contributed by atoms with E-state index < -0.39 is 0 Å². The van der Waals surface area contributed by atoms with Crippen molar-refractivity contribution in [2.45, 2.75) is 20.4 Å². The van der Waals surface area contributed by atoms with E-state index in [-0.39, 0.29) is 6.03 Å². The van der Waals surface area contributed by atoms with Gasteiger partial charge in [0.2, 0.25) is 0 Å². The molecular formula is C17H21N3O. The van der Waals surface area contributed by atoms with Gasteiger partial charge in [-0.1, -0.05) is 36.4 Å². The second-order valence-corrected chi connectivity index (χ2v) is 4.71. The van der Waals surface area contributed by atoms with Gasteiger partial charge in [0, 0.05) is 19.3 Å². The third kappa shape index (κ3) is 3.81. The molecule has 0 atom stereocenters. The minimum absolute atomic E-state index is 0.0115. The highest BCUT2D eigenvalue weighted by atomic mass is 16.2. The Hall–Kier alpha value is -2.36. The molecule has 0 unspecified atom stereocenters. The van der Waals surface area contributed by atoms with Crippen LogP contribution in [0.25, 0.3) is 0 Å². The van der Waals surface area contributed by atoms with Gasteiger partial charge in [0.15, 0.2) is 0 Å². The minimum Gasteiger partial charge on any atom is -0.325 e. The summed E-state index contributed by atoms with van der Waals surface area (Å²) in [7, 11) is 0. The molecule has 4 heteroatoms. The monoisotopic (exact) mass is 283 g/mol. The van der Waals surface area contributed by atoms with Crippen LogP contribution >= 0.6 is 0 Å². The number of urea groups is 1. The lowest BCUT2D eigenvalue weighted by molar-refractivity contribution is 0.209. The molecule has 0 aliphatic rings. The van der Waals surface area contributed by atoms with Gasteiger partial charge in [-0.3, -0.25) is 4.90 Å². The summed E-state index contributed by atoms with van der Waals surface area (Å²) in [6, 6.07) is 15.6. The van der Waals surface area contributed by atoms with Crippen LogP contribution < -0.4 is 4.90 Å². The average molecular weight is 283 g/mol. The zero-order valence-corrected chi connectivity index (χ0v) is 12.6. The van der Waals surface area contributed by atoms with Crippen molar-refractivity contribution in [3.8, 4) is 0 Å². The van der Waals surface area contributed by atoms with Crippen molar-refractivity contribution in [3.05, 3.63) is 60.3 Å². The summed E-state index contributed by atoms with van der Waals surface area (Å²) >= 11 is 0. The van der Waals surface area contributed by atoms with Gasteiger partial charge in [-0.05, 0) is 31.5 Å². The van der Waals surface area contributed by atoms with Gasteiger partial charge in [0.05, 0.1) is 6.54 Å². The van der Waals surface area contributed by atoms with Crippen molar-refractivity contribution >= 4 is 11.8 Å². The number of rotatable bonds is 5. The number of amides is 2. The normalized spacial score (nSPS) is 10.2. The predicted octanol–water partition coefficient (Wildman–Crippen LogP) is 3.55. The third-order valence-electron chi connectivity index (χ3n) is 3.37. The number of aromatic nitrogens is 1. The molecule has 0 spiro atoms. The molecule has 0 fully saturated rings. The molecule has 1 aromatic carbocycles. The van der Waals surface area contributed by atoms with E-state index in [9.17, 15) is 4.79 Å². The molecule has 110 valence electrons. The summed E-state index contributed by atoms with van der Waals surface area (Å²) in [5.74, 6) is 0.679. The fraction of sp³-hybridized carbons (Fsp3) is 0.294. The summed E-state index contributed by atoms with van der Waals surface area (Å²) < 4.78 is 0. The summed E-state index contributed by atoms with van der Waals surface area (Å²) in [5, 5.41) is 0. The lowest BCUT2D eigenvalue weighted by Gasteiger charge is -2.28. The Labute approximate surface area is 126 Å². The fourth-order valence-electron chi connectivity index (χ4n) is 2.19. The maximum atomic E-state index is 12.7. The van der Waals surface area contributed by atoms with Gasteiger partial charge < -0.3 is 4.90 Å². The van der Waals surface area contributed by atoms with E-state index in [0.29, 0.717) is 25.5 Å². The first-order chi connectivity index (χ1) is 10.3. The van der Waals surface area contributed by atoms with Crippen LogP contribution in [0, 0.1) is 0 Å². The Morgan fingerprint density at radius 1 is 1.00 bits per heavy atom. The average Bonchev–Trinajstić information content (AvgIpc) is 2.55. The molecule has 2 rings (SSSR count). The number of pyridine rings is 1. The zero-order chi connectivity index (χ0) is 15.1. The first-order valence-electron chi connectivity index (χ1n) is 7.27. The smallest absolute Gasteiger partial charge is 0.325 e. The van der Waals surface area contributed by atoms with Crippen molar-refractivity contribution in [1.82, 2.24) is 9.88 Å². The van der Waals surface area contributed by atoms with Gasteiger partial charge in [0.25, 0.3) is 0 Å². The van der Waals surface area contributed by atoms with Crippen molar-refractivity contribution in [2.75, 3.05) is 18.0 Å². The quantitative estimate of drug-likeness (QED) is 0.841. The highest BCUT2D eigenvalue weighted by Crippen LogP contribution is 2.16. The van der Waals surface area contributed by atoms with E-state index >= 15 is 0 Å². The standard InChI is InChI=1S/C17H21N3O/c1-3-19(4-2)17(21)20(16-12-8-9-13-18-16)14-15-10-6-5-7-11-15/h5-13H,3-4,14H2,1-2H3. The topological polar surface area (TPSA) is 36.4 Å². The van der Waals surface area contributed by atoms with Gasteiger partial charge in [-0.25, -0.2) is 9.78 Å². The molecule has 0 N–H and O–H groups in total. The molecule has 1 heterocycles. The molecule has 21 heavy (non-hydrogen) atoms. The predicted molar refractivity (Wildman–Crippen MR) is 85.2 cm³/mol. The van der Waals surface area contributed by atoms with E-state index in [1.54, 1.807) is 16.0 Å². The van der Waals surface area contributed by atoms with Crippen LogP contribution in [-0.4, -0.2) is 29.0 Å². The molecule has 4 nitrogen and oxygen atoms in total. The molecule has 2 aromatic rings. The number of anilines is 1. The second-order valence-electron chi connectivity index (χ2n) is 4.71. The van der Waals surface area contributed by atoms with Crippen molar-refractivity contribution < 1.29 is 4.79 Å². The van der Waals surface area contributed by atoms with E-state index in [2.05, 4.69) is 4.98 Å². The first-order valence-corrected chi connectivity index (χ1v) is 7.27. The van der Waals surface area contributed by atoms with Crippen LogP contribution in [0.5, 0.6) is 0 Å². The molecule has 1 aromatic heterocycles. The molecular weight excluding hydrogens is 262 g/mol. The van der Waals surface area contributed by atoms with Crippen molar-refractivity contribution in [1.29, 1.82) is 0 Å². The highest BCUT2D eigenvalue weighted by Gasteiger charge is 2.21. The molecule has 0 bridgehead atoms. The Kier molecular flexibility index (Phi) is 5.32. The molecule has 0 saturated carbocycles. The van der Waals surface area contributed by atoms with Crippen LogP contribution in [0.2, 0.25) is 0 Å². The lowest BCUT2D eigenvalue weighted by Crippen LogP contribution is -2.43. The highest BCUT2D eigenvalue weighted by molar-refractivity contribution is 5.90. The number of hydrogen-bond donors (Lipinski definition) is 0. The van der Waals surface area contributed by atoms with Gasteiger partial charge in [-0.15, -0.1) is 0 Å². The number of carbonyl (C=O) groups excluding carboxylic acids is 1. The Morgan fingerprint density at radius 2 is 1.67 bits per heavy atom. The minimum atomic E-state index is -0.0115. The van der Waals surface area contributed by atoms with Gasteiger partial charge in [0.1, 0.15) is 5.82 Å². The maximum absolute atomic E-state index is 12.7. The summed E-state index contributed by atoms with van der Waals surface area (Å²) in [4.78, 5) is 20.6. The Balaban J connectivity index is 2.29. The summed E-state index contributed by atoms with van der Waals surface area (Å²) in [6.45, 7) is 5.87. The number of hydrogen-bond acceptors (Lipinski definition) is 2. The molecule has 0 aliphatic carbocycles. The van der Waals surface area contributed by atoms with Crippen LogP contribution in [-0.2, 0) is 6.54 Å². The third-order valence-corrected chi connectivity index (χ3v) is 3.37. The van der Waals surface area contributed by atoms with E-state index in [4.69, 9.17) is 0 Å². The number of benzene rings is 1. The maximum Gasteiger partial charge on any atom is 0.325 e. The molecule has 0 radical (unpaired) electrons. The summed E-state index contributed by atoms with van der Waals surface area (Å²) in [5.41, 5.74) is 1.09. The van der Waals surface area contributed by atoms with Gasteiger partial charge >= 0.3 is 6.03 Å². The second kappa shape index (κ2) is 7.43. The van der Waals surface area contributed by atoms with Crippen molar-refractivity contribution in [2.24, 2.45) is 0 Å². The fourth-order valence-corrected chi connectivity index (χ4v) is 2.19.